The van der Waals surface area contributed by atoms with Crippen LogP contribution in [0, 0.1) is 0 Å². The second-order valence-corrected chi connectivity index (χ2v) is 4.35. The maximum Gasteiger partial charge on any atom is 0.0528 e. The molecule has 0 N–H and O–H groups in total. The van der Waals surface area contributed by atoms with Crippen LogP contribution in [0.25, 0.3) is 0 Å². The maximum atomic E-state index is 5.49. The second-order valence-electron chi connectivity index (χ2n) is 1.56. The first kappa shape index (κ1) is 15.7. The summed E-state index contributed by atoms with van der Waals surface area (Å²) in [5.74, 6) is 0. The van der Waals surface area contributed by atoms with E-state index in [9.17, 15) is 0 Å². The molecule has 0 fully saturated rings. The van der Waals surface area contributed by atoms with Crippen molar-refractivity contribution in [2.45, 2.75) is 18.5 Å². The topological polar surface area (TPSA) is 0 Å². The lowest BCUT2D eigenvalue weighted by Crippen LogP contribution is -1.92. The molecule has 1 unspecified atom stereocenters. The minimum absolute atomic E-state index is 0. The van der Waals surface area contributed by atoms with Gasteiger partial charge < -0.3 is 0 Å². The molecule has 0 nitrogen and oxygen atoms in total. The Morgan fingerprint density at radius 1 is 1.29 bits per heavy atom. The highest BCUT2D eigenvalue weighted by Gasteiger charge is 1.99. The van der Waals surface area contributed by atoms with Gasteiger partial charge in [0, 0.05) is 0 Å². The number of alkyl halides is 1. The van der Waals surface area contributed by atoms with E-state index in [0.29, 0.717) is 0 Å². The molecule has 4 heteroatoms. The Bertz CT molecular complexity index is 25.7. The van der Waals surface area contributed by atoms with Crippen LogP contribution in [-0.2, 0) is 0 Å². The normalized spacial score (nSPS) is 8.57. The number of hydrogen-bond acceptors (Lipinski definition) is 0. The fraction of sp³-hybridized carbons (Fsp3) is 1.00. The highest BCUT2D eigenvalue weighted by molar-refractivity contribution is 7.22. The first-order chi connectivity index (χ1) is 2.00. The standard InChI is InChI=1S/C3H8ClP.2ClH/c1-3(2,4)5;;/h5H2,1-2H3;2*1H. The quantitative estimate of drug-likeness (QED) is 0.400. The van der Waals surface area contributed by atoms with Gasteiger partial charge in [-0.3, -0.25) is 0 Å². The van der Waals surface area contributed by atoms with Crippen molar-refractivity contribution in [3.8, 4) is 0 Å². The van der Waals surface area contributed by atoms with Gasteiger partial charge in [-0.1, -0.05) is 0 Å². The first-order valence-electron chi connectivity index (χ1n) is 1.48. The van der Waals surface area contributed by atoms with E-state index in [0.717, 1.165) is 0 Å². The van der Waals surface area contributed by atoms with Crippen molar-refractivity contribution < 1.29 is 0 Å². The van der Waals surface area contributed by atoms with Gasteiger partial charge in [0.25, 0.3) is 0 Å². The van der Waals surface area contributed by atoms with Crippen LogP contribution < -0.4 is 0 Å². The average molecular weight is 183 g/mol. The van der Waals surface area contributed by atoms with E-state index in [2.05, 4.69) is 9.24 Å². The molecule has 0 rings (SSSR count). The van der Waals surface area contributed by atoms with E-state index in [1.807, 2.05) is 13.8 Å². The Morgan fingerprint density at radius 2 is 1.29 bits per heavy atom. The van der Waals surface area contributed by atoms with Crippen molar-refractivity contribution in [2.24, 2.45) is 0 Å². The van der Waals surface area contributed by atoms with Gasteiger partial charge in [-0.15, -0.1) is 45.7 Å². The van der Waals surface area contributed by atoms with E-state index in [4.69, 9.17) is 11.6 Å². The smallest absolute Gasteiger partial charge is 0.0528 e. The molecule has 48 valence electrons. The van der Waals surface area contributed by atoms with E-state index in [1.165, 1.54) is 0 Å². The molecule has 0 bridgehead atoms. The zero-order valence-corrected chi connectivity index (χ0v) is 7.82. The predicted octanol–water partition coefficient (Wildman–Crippen LogP) is 2.68. The molecule has 0 spiro atoms. The number of halogens is 3. The highest BCUT2D eigenvalue weighted by atomic mass is 35.5. The Morgan fingerprint density at radius 3 is 1.29 bits per heavy atom. The molecule has 1 atom stereocenters. The van der Waals surface area contributed by atoms with Crippen molar-refractivity contribution >= 4 is 45.7 Å². The van der Waals surface area contributed by atoms with Gasteiger partial charge in [-0.05, 0) is 13.8 Å². The molecule has 0 amide bonds. The molecule has 7 heavy (non-hydrogen) atoms. The summed E-state index contributed by atoms with van der Waals surface area (Å²) in [4.78, 5) is 0. The van der Waals surface area contributed by atoms with Crippen molar-refractivity contribution in [2.75, 3.05) is 0 Å². The molecular weight excluding hydrogens is 173 g/mol. The van der Waals surface area contributed by atoms with Crippen molar-refractivity contribution in [3.05, 3.63) is 0 Å². The van der Waals surface area contributed by atoms with Gasteiger partial charge >= 0.3 is 0 Å². The van der Waals surface area contributed by atoms with Crippen LogP contribution >= 0.6 is 45.7 Å². The summed E-state index contributed by atoms with van der Waals surface area (Å²) in [7, 11) is 2.48. The second kappa shape index (κ2) is 5.44. The average Bonchev–Trinajstić information content (AvgIpc) is 0.722. The van der Waals surface area contributed by atoms with Crippen molar-refractivity contribution in [1.82, 2.24) is 0 Å². The Balaban J connectivity index is -0.0000000800. The molecular formula is C3H10Cl3P. The van der Waals surface area contributed by atoms with Crippen molar-refractivity contribution in [1.29, 1.82) is 0 Å². The van der Waals surface area contributed by atoms with Gasteiger partial charge in [0.05, 0.1) is 4.62 Å². The van der Waals surface area contributed by atoms with Crippen LogP contribution in [-0.4, -0.2) is 4.62 Å². The molecule has 0 radical (unpaired) electrons. The molecule has 0 aromatic rings. The Labute approximate surface area is 64.4 Å². The van der Waals surface area contributed by atoms with Crippen LogP contribution in [0.4, 0.5) is 0 Å². The van der Waals surface area contributed by atoms with Crippen molar-refractivity contribution in [3.63, 3.8) is 0 Å². The zero-order chi connectivity index (χ0) is 4.50. The third-order valence-corrected chi connectivity index (χ3v) is 0. The molecule has 0 saturated heterocycles. The monoisotopic (exact) mass is 182 g/mol. The van der Waals surface area contributed by atoms with Gasteiger partial charge in [0.15, 0.2) is 0 Å². The number of rotatable bonds is 0. The molecule has 0 aromatic heterocycles. The summed E-state index contributed by atoms with van der Waals surface area (Å²) in [5, 5.41) is 0. The Hall–Kier alpha value is 1.30. The summed E-state index contributed by atoms with van der Waals surface area (Å²) in [5.41, 5.74) is 0. The van der Waals surface area contributed by atoms with Gasteiger partial charge in [-0.25, -0.2) is 0 Å². The van der Waals surface area contributed by atoms with E-state index < -0.39 is 0 Å². The largest absolute Gasteiger partial charge is 0.147 e. The predicted molar refractivity (Wildman–Crippen MR) is 44.1 cm³/mol. The van der Waals surface area contributed by atoms with Crippen LogP contribution in [0.15, 0.2) is 0 Å². The fourth-order valence-electron chi connectivity index (χ4n) is 0. The molecule has 0 aliphatic carbocycles. The number of hydrogen-bond donors (Lipinski definition) is 0. The summed E-state index contributed by atoms with van der Waals surface area (Å²) < 4.78 is -0.111. The lowest BCUT2D eigenvalue weighted by molar-refractivity contribution is 1.01. The van der Waals surface area contributed by atoms with Gasteiger partial charge in [0.1, 0.15) is 0 Å². The lowest BCUT2D eigenvalue weighted by atomic mass is 10.6. The molecule has 0 aliphatic rings. The van der Waals surface area contributed by atoms with E-state index in [1.54, 1.807) is 0 Å². The molecule has 0 heterocycles. The fourth-order valence-corrected chi connectivity index (χ4v) is 0. The maximum absolute atomic E-state index is 5.49. The van der Waals surface area contributed by atoms with Crippen LogP contribution in [0.3, 0.4) is 0 Å². The summed E-state index contributed by atoms with van der Waals surface area (Å²) in [6.45, 7) is 3.83. The Kier molecular flexibility index (Phi) is 12.2. The summed E-state index contributed by atoms with van der Waals surface area (Å²) >= 11 is 5.49. The molecule has 0 aromatic carbocycles. The van der Waals surface area contributed by atoms with Crippen LogP contribution in [0.5, 0.6) is 0 Å². The highest BCUT2D eigenvalue weighted by Crippen LogP contribution is 2.19. The zero-order valence-electron chi connectivity index (χ0n) is 4.27. The molecule has 0 aliphatic heterocycles. The SMILES string of the molecule is CC(C)(P)Cl.Cl.Cl. The van der Waals surface area contributed by atoms with E-state index >= 15 is 0 Å². The third-order valence-electron chi connectivity index (χ3n) is 0. The minimum Gasteiger partial charge on any atom is -0.147 e. The lowest BCUT2D eigenvalue weighted by Gasteiger charge is -2.01. The van der Waals surface area contributed by atoms with Gasteiger partial charge in [0.2, 0.25) is 0 Å². The first-order valence-corrected chi connectivity index (χ1v) is 2.43. The summed E-state index contributed by atoms with van der Waals surface area (Å²) in [6.07, 6.45) is 0. The van der Waals surface area contributed by atoms with E-state index in [-0.39, 0.29) is 29.4 Å². The third kappa shape index (κ3) is 121. The molecule has 0 saturated carbocycles. The summed E-state index contributed by atoms with van der Waals surface area (Å²) in [6, 6.07) is 0. The van der Waals surface area contributed by atoms with Gasteiger partial charge in [-0.2, -0.15) is 0 Å². The van der Waals surface area contributed by atoms with Crippen LogP contribution in [0.2, 0.25) is 0 Å². The van der Waals surface area contributed by atoms with Crippen LogP contribution in [0.1, 0.15) is 13.8 Å². The minimum atomic E-state index is -0.111.